The van der Waals surface area contributed by atoms with Gasteiger partial charge in [-0.1, -0.05) is 17.7 Å². The van der Waals surface area contributed by atoms with Crippen molar-refractivity contribution in [2.45, 2.75) is 34.6 Å². The van der Waals surface area contributed by atoms with Crippen LogP contribution in [0, 0.1) is 6.92 Å². The lowest BCUT2D eigenvalue weighted by Crippen LogP contribution is -2.29. The van der Waals surface area contributed by atoms with Crippen LogP contribution in [0.3, 0.4) is 0 Å². The Bertz CT molecular complexity index is 619. The van der Waals surface area contributed by atoms with E-state index in [-0.39, 0.29) is 39.6 Å². The number of aliphatic hydroxyl groups excluding tert-OH is 2. The fraction of sp³-hybridized carbons (Fsp3) is 0.684. The molecule has 0 radical (unpaired) electrons. The standard InChI is InChI=1S/C11H17NO2.C8H20O7P2/c1-10-2-4-11(5-3-10)12(6-8-13)7-9-14;1-5-11-16(9,12-6-2)15-17(10,13-7-3)14-8-4/h2-5,13-14H,6-9H2,1H3;5-8H2,1-4H3. The summed E-state index contributed by atoms with van der Waals surface area (Å²) in [5.41, 5.74) is 2.25. The summed E-state index contributed by atoms with van der Waals surface area (Å²) in [6.07, 6.45) is 0. The molecule has 1 rings (SSSR count). The molecule has 0 atom stereocenters. The summed E-state index contributed by atoms with van der Waals surface area (Å²) in [5.74, 6) is 0. The van der Waals surface area contributed by atoms with Crippen LogP contribution in [-0.4, -0.2) is 62.9 Å². The van der Waals surface area contributed by atoms with E-state index in [9.17, 15) is 9.13 Å². The lowest BCUT2D eigenvalue weighted by Gasteiger charge is -2.22. The number of phosphoric ester groups is 2. The minimum atomic E-state index is -3.91. The van der Waals surface area contributed by atoms with Crippen molar-refractivity contribution in [3.05, 3.63) is 29.8 Å². The lowest BCUT2D eigenvalue weighted by atomic mass is 10.2. The van der Waals surface area contributed by atoms with Crippen LogP contribution in [0.25, 0.3) is 0 Å². The number of phosphoric acid groups is 2. The zero-order valence-electron chi connectivity index (χ0n) is 19.1. The highest BCUT2D eigenvalue weighted by molar-refractivity contribution is 7.62. The van der Waals surface area contributed by atoms with Crippen LogP contribution >= 0.6 is 15.6 Å². The average Bonchev–Trinajstić information content (AvgIpc) is 2.69. The molecular weight excluding hydrogens is 448 g/mol. The second kappa shape index (κ2) is 16.8. The number of aryl methyl sites for hydroxylation is 1. The van der Waals surface area contributed by atoms with E-state index in [4.69, 9.17) is 32.6 Å². The van der Waals surface area contributed by atoms with E-state index in [1.807, 2.05) is 36.1 Å². The van der Waals surface area contributed by atoms with Gasteiger partial charge in [-0.05, 0) is 46.8 Å². The van der Waals surface area contributed by atoms with Crippen molar-refractivity contribution in [2.75, 3.05) is 57.6 Å². The van der Waals surface area contributed by atoms with E-state index in [0.717, 1.165) is 5.69 Å². The van der Waals surface area contributed by atoms with Gasteiger partial charge in [-0.2, -0.15) is 4.31 Å². The van der Waals surface area contributed by atoms with E-state index in [1.54, 1.807) is 27.7 Å². The number of hydrogen-bond donors (Lipinski definition) is 2. The smallest absolute Gasteiger partial charge is 0.395 e. The van der Waals surface area contributed by atoms with Gasteiger partial charge < -0.3 is 15.1 Å². The van der Waals surface area contributed by atoms with Gasteiger partial charge in [0.15, 0.2) is 0 Å². The third kappa shape index (κ3) is 12.7. The maximum atomic E-state index is 12.0. The first kappa shape index (κ1) is 30.2. The van der Waals surface area contributed by atoms with Gasteiger partial charge in [0, 0.05) is 18.8 Å². The minimum absolute atomic E-state index is 0.0928. The molecule has 10 nitrogen and oxygen atoms in total. The molecule has 1 aromatic carbocycles. The molecule has 2 N–H and O–H groups in total. The molecule has 0 saturated heterocycles. The average molecular weight is 485 g/mol. The van der Waals surface area contributed by atoms with Crippen LogP contribution in [0.4, 0.5) is 5.69 Å². The monoisotopic (exact) mass is 485 g/mol. The molecule has 0 heterocycles. The molecule has 0 bridgehead atoms. The van der Waals surface area contributed by atoms with Crippen LogP contribution in [0.2, 0.25) is 0 Å². The third-order valence-electron chi connectivity index (χ3n) is 3.49. The van der Waals surface area contributed by atoms with Crippen molar-refractivity contribution in [1.29, 1.82) is 0 Å². The van der Waals surface area contributed by atoms with Crippen molar-refractivity contribution < 1.29 is 41.7 Å². The Morgan fingerprint density at radius 3 is 1.39 bits per heavy atom. The van der Waals surface area contributed by atoms with Gasteiger partial charge in [0.05, 0.1) is 39.6 Å². The van der Waals surface area contributed by atoms with Gasteiger partial charge >= 0.3 is 15.6 Å². The second-order valence-electron chi connectivity index (χ2n) is 5.92. The van der Waals surface area contributed by atoms with Crippen molar-refractivity contribution in [3.63, 3.8) is 0 Å². The summed E-state index contributed by atoms with van der Waals surface area (Å²) >= 11 is 0. The first-order valence-electron chi connectivity index (χ1n) is 10.3. The molecule has 0 spiro atoms. The fourth-order valence-electron chi connectivity index (χ4n) is 2.29. The van der Waals surface area contributed by atoms with Crippen LogP contribution in [0.5, 0.6) is 0 Å². The van der Waals surface area contributed by atoms with Crippen LogP contribution in [-0.2, 0) is 31.5 Å². The van der Waals surface area contributed by atoms with E-state index in [2.05, 4.69) is 0 Å². The predicted octanol–water partition coefficient (Wildman–Crippen LogP) is 4.15. The van der Waals surface area contributed by atoms with Crippen LogP contribution in [0.1, 0.15) is 33.3 Å². The number of aliphatic hydroxyl groups is 2. The van der Waals surface area contributed by atoms with Gasteiger partial charge in [0.25, 0.3) is 0 Å². The van der Waals surface area contributed by atoms with Crippen LogP contribution in [0.15, 0.2) is 24.3 Å². The second-order valence-corrected chi connectivity index (χ2v) is 9.39. The van der Waals surface area contributed by atoms with Gasteiger partial charge in [-0.3, -0.25) is 18.1 Å². The normalized spacial score (nSPS) is 11.7. The first-order valence-corrected chi connectivity index (χ1v) is 13.2. The van der Waals surface area contributed by atoms with Gasteiger partial charge in [0.1, 0.15) is 0 Å². The summed E-state index contributed by atoms with van der Waals surface area (Å²) < 4.78 is 48.1. The molecule has 0 unspecified atom stereocenters. The van der Waals surface area contributed by atoms with E-state index < -0.39 is 15.6 Å². The molecule has 0 aliphatic heterocycles. The number of benzene rings is 1. The van der Waals surface area contributed by atoms with Gasteiger partial charge in [-0.25, -0.2) is 9.13 Å². The highest BCUT2D eigenvalue weighted by Crippen LogP contribution is 2.65. The summed E-state index contributed by atoms with van der Waals surface area (Å²) in [6, 6.07) is 8.05. The Labute approximate surface area is 185 Å². The summed E-state index contributed by atoms with van der Waals surface area (Å²) in [6.45, 7) is 10.2. The van der Waals surface area contributed by atoms with Crippen molar-refractivity contribution in [1.82, 2.24) is 0 Å². The quantitative estimate of drug-likeness (QED) is 0.350. The molecule has 0 saturated carbocycles. The topological polar surface area (TPSA) is 124 Å². The minimum Gasteiger partial charge on any atom is -0.395 e. The molecule has 182 valence electrons. The molecular formula is C19H37NO9P2. The van der Waals surface area contributed by atoms with E-state index in [1.165, 1.54) is 5.56 Å². The Balaban J connectivity index is 0.000000590. The number of nitrogens with zero attached hydrogens (tertiary/aromatic N) is 1. The highest BCUT2D eigenvalue weighted by atomic mass is 31.3. The molecule has 0 aliphatic carbocycles. The summed E-state index contributed by atoms with van der Waals surface area (Å²) in [4.78, 5) is 1.96. The molecule has 31 heavy (non-hydrogen) atoms. The molecule has 0 aromatic heterocycles. The maximum Gasteiger partial charge on any atom is 0.483 e. The van der Waals surface area contributed by atoms with Gasteiger partial charge in [-0.15, -0.1) is 0 Å². The third-order valence-corrected chi connectivity index (χ3v) is 7.39. The lowest BCUT2D eigenvalue weighted by molar-refractivity contribution is 0.119. The molecule has 12 heteroatoms. The fourth-order valence-corrected chi connectivity index (χ4v) is 5.44. The Morgan fingerprint density at radius 2 is 1.10 bits per heavy atom. The predicted molar refractivity (Wildman–Crippen MR) is 120 cm³/mol. The molecule has 0 aliphatic rings. The van der Waals surface area contributed by atoms with Crippen molar-refractivity contribution >= 4 is 21.3 Å². The summed E-state index contributed by atoms with van der Waals surface area (Å²) in [7, 11) is -7.83. The summed E-state index contributed by atoms with van der Waals surface area (Å²) in [5, 5.41) is 17.7. The van der Waals surface area contributed by atoms with Crippen LogP contribution < -0.4 is 4.90 Å². The zero-order chi connectivity index (χ0) is 23.8. The molecule has 1 aromatic rings. The molecule has 0 fully saturated rings. The maximum absolute atomic E-state index is 12.0. The number of hydrogen-bond acceptors (Lipinski definition) is 10. The highest BCUT2D eigenvalue weighted by Gasteiger charge is 2.39. The Kier molecular flexibility index (Phi) is 16.3. The van der Waals surface area contributed by atoms with E-state index in [0.29, 0.717) is 13.1 Å². The van der Waals surface area contributed by atoms with Crippen molar-refractivity contribution in [3.8, 4) is 0 Å². The van der Waals surface area contributed by atoms with Gasteiger partial charge in [0.2, 0.25) is 0 Å². The number of rotatable bonds is 15. The largest absolute Gasteiger partial charge is 0.483 e. The van der Waals surface area contributed by atoms with Crippen molar-refractivity contribution in [2.24, 2.45) is 0 Å². The first-order chi connectivity index (χ1) is 14.7. The Hall–Kier alpha value is -0.800. The Morgan fingerprint density at radius 1 is 0.742 bits per heavy atom. The van der Waals surface area contributed by atoms with E-state index >= 15 is 0 Å². The number of anilines is 1. The molecule has 0 amide bonds. The zero-order valence-corrected chi connectivity index (χ0v) is 20.8. The SMILES string of the molecule is CCOP(=O)(OCC)OP(=O)(OCC)OCC.Cc1ccc(N(CCO)CCO)cc1.